The number of carbonyl (C=O) groups is 3. The quantitative estimate of drug-likeness (QED) is 0.767. The van der Waals surface area contributed by atoms with Crippen molar-refractivity contribution < 1.29 is 23.9 Å². The topological polar surface area (TPSA) is 93.7 Å². The highest BCUT2D eigenvalue weighted by atomic mass is 16.6. The van der Waals surface area contributed by atoms with E-state index in [1.165, 1.54) is 13.8 Å². The fourth-order valence-corrected chi connectivity index (χ4v) is 1.79. The second-order valence-corrected chi connectivity index (χ2v) is 6.69. The van der Waals surface area contributed by atoms with Gasteiger partial charge in [0.15, 0.2) is 0 Å². The lowest BCUT2D eigenvalue weighted by Crippen LogP contribution is -2.50. The Kier molecular flexibility index (Phi) is 7.42. The molecule has 2 atom stereocenters. The minimum atomic E-state index is -0.854. The molecule has 1 rings (SSSR count). The SMILES string of the molecule is C[C@@H](NC(=O)OCc1ccccc1)C(=O)N[C@H](C)C(=O)OC(C)(C)C. The fourth-order valence-electron chi connectivity index (χ4n) is 1.79. The van der Waals surface area contributed by atoms with Crippen molar-refractivity contribution in [1.29, 1.82) is 0 Å². The summed E-state index contributed by atoms with van der Waals surface area (Å²) in [6.45, 7) is 8.35. The van der Waals surface area contributed by atoms with Gasteiger partial charge in [-0.2, -0.15) is 0 Å². The zero-order chi connectivity index (χ0) is 19.0. The first-order chi connectivity index (χ1) is 11.6. The number of rotatable bonds is 6. The molecule has 138 valence electrons. The lowest BCUT2D eigenvalue weighted by Gasteiger charge is -2.23. The average molecular weight is 350 g/mol. The smallest absolute Gasteiger partial charge is 0.408 e. The van der Waals surface area contributed by atoms with E-state index in [1.54, 1.807) is 20.8 Å². The van der Waals surface area contributed by atoms with E-state index < -0.39 is 35.7 Å². The molecular formula is C18H26N2O5. The maximum absolute atomic E-state index is 12.0. The largest absolute Gasteiger partial charge is 0.458 e. The van der Waals surface area contributed by atoms with Crippen molar-refractivity contribution in [3.8, 4) is 0 Å². The van der Waals surface area contributed by atoms with Crippen molar-refractivity contribution in [3.05, 3.63) is 35.9 Å². The molecule has 0 heterocycles. The molecule has 2 amide bonds. The minimum Gasteiger partial charge on any atom is -0.458 e. The number of hydrogen-bond acceptors (Lipinski definition) is 5. The molecule has 0 saturated heterocycles. The molecule has 0 unspecified atom stereocenters. The standard InChI is InChI=1S/C18H26N2O5/c1-12(15(21)19-13(2)16(22)25-18(3,4)5)20-17(23)24-11-14-9-7-6-8-10-14/h6-10,12-13H,11H2,1-5H3,(H,19,21)(H,20,23)/t12-,13-/m1/s1. The average Bonchev–Trinajstić information content (AvgIpc) is 2.52. The van der Waals surface area contributed by atoms with Crippen LogP contribution in [0, 0.1) is 0 Å². The molecule has 0 fully saturated rings. The first-order valence-electron chi connectivity index (χ1n) is 8.09. The van der Waals surface area contributed by atoms with Gasteiger partial charge in [0.25, 0.3) is 0 Å². The van der Waals surface area contributed by atoms with E-state index in [2.05, 4.69) is 10.6 Å². The lowest BCUT2D eigenvalue weighted by atomic mass is 10.2. The third-order valence-electron chi connectivity index (χ3n) is 3.06. The van der Waals surface area contributed by atoms with Crippen molar-refractivity contribution in [1.82, 2.24) is 10.6 Å². The van der Waals surface area contributed by atoms with Crippen LogP contribution in [0.4, 0.5) is 4.79 Å². The van der Waals surface area contributed by atoms with Crippen LogP contribution in [-0.4, -0.2) is 35.7 Å². The van der Waals surface area contributed by atoms with Gasteiger partial charge in [-0.25, -0.2) is 9.59 Å². The van der Waals surface area contributed by atoms with Crippen LogP contribution in [0.1, 0.15) is 40.2 Å². The molecule has 0 spiro atoms. The van der Waals surface area contributed by atoms with Crippen LogP contribution >= 0.6 is 0 Å². The highest BCUT2D eigenvalue weighted by Crippen LogP contribution is 2.08. The Morgan fingerprint density at radius 1 is 1.00 bits per heavy atom. The molecule has 0 aliphatic rings. The van der Waals surface area contributed by atoms with Gasteiger partial charge in [0.1, 0.15) is 24.3 Å². The molecule has 2 N–H and O–H groups in total. The van der Waals surface area contributed by atoms with Crippen LogP contribution in [0.15, 0.2) is 30.3 Å². The van der Waals surface area contributed by atoms with E-state index >= 15 is 0 Å². The van der Waals surface area contributed by atoms with Crippen LogP contribution in [0.2, 0.25) is 0 Å². The molecule has 0 aliphatic carbocycles. The summed E-state index contributed by atoms with van der Waals surface area (Å²) in [6, 6.07) is 7.51. The van der Waals surface area contributed by atoms with Gasteiger partial charge in [-0.3, -0.25) is 4.79 Å². The summed E-state index contributed by atoms with van der Waals surface area (Å²) in [7, 11) is 0. The van der Waals surface area contributed by atoms with E-state index in [4.69, 9.17) is 9.47 Å². The predicted molar refractivity (Wildman–Crippen MR) is 92.7 cm³/mol. The number of alkyl carbamates (subject to hydrolysis) is 1. The Morgan fingerprint density at radius 3 is 2.16 bits per heavy atom. The second kappa shape index (κ2) is 9.05. The van der Waals surface area contributed by atoms with Gasteiger partial charge in [-0.05, 0) is 40.2 Å². The van der Waals surface area contributed by atoms with Crippen LogP contribution in [0.5, 0.6) is 0 Å². The third kappa shape index (κ3) is 8.19. The normalized spacial score (nSPS) is 13.3. The zero-order valence-corrected chi connectivity index (χ0v) is 15.3. The van der Waals surface area contributed by atoms with E-state index in [9.17, 15) is 14.4 Å². The number of carbonyl (C=O) groups excluding carboxylic acids is 3. The molecule has 0 radical (unpaired) electrons. The summed E-state index contributed by atoms with van der Waals surface area (Å²) in [5.41, 5.74) is 0.203. The Hall–Kier alpha value is -2.57. The number of nitrogens with one attached hydrogen (secondary N) is 2. The van der Waals surface area contributed by atoms with E-state index in [0.717, 1.165) is 5.56 Å². The molecular weight excluding hydrogens is 324 g/mol. The van der Waals surface area contributed by atoms with Crippen LogP contribution in [0.25, 0.3) is 0 Å². The van der Waals surface area contributed by atoms with Crippen molar-refractivity contribution in [3.63, 3.8) is 0 Å². The van der Waals surface area contributed by atoms with Crippen molar-refractivity contribution in [2.24, 2.45) is 0 Å². The first-order valence-corrected chi connectivity index (χ1v) is 8.09. The van der Waals surface area contributed by atoms with E-state index in [-0.39, 0.29) is 6.61 Å². The molecule has 25 heavy (non-hydrogen) atoms. The van der Waals surface area contributed by atoms with Gasteiger partial charge < -0.3 is 20.1 Å². The molecule has 0 saturated carbocycles. The molecule has 0 aromatic heterocycles. The summed E-state index contributed by atoms with van der Waals surface area (Å²) in [5.74, 6) is -1.05. The van der Waals surface area contributed by atoms with Crippen LogP contribution in [0.3, 0.4) is 0 Å². The lowest BCUT2D eigenvalue weighted by molar-refractivity contribution is -0.158. The maximum atomic E-state index is 12.0. The molecule has 0 aliphatic heterocycles. The number of hydrogen-bond donors (Lipinski definition) is 2. The molecule has 1 aromatic carbocycles. The Balaban J connectivity index is 2.40. The second-order valence-electron chi connectivity index (χ2n) is 6.69. The van der Waals surface area contributed by atoms with Crippen LogP contribution < -0.4 is 10.6 Å². The summed E-state index contributed by atoms with van der Waals surface area (Å²) in [5, 5.41) is 4.91. The number of benzene rings is 1. The third-order valence-corrected chi connectivity index (χ3v) is 3.06. The van der Waals surface area contributed by atoms with Crippen LogP contribution in [-0.2, 0) is 25.7 Å². The summed E-state index contributed by atoms with van der Waals surface area (Å²) in [4.78, 5) is 35.6. The van der Waals surface area contributed by atoms with Crippen molar-refractivity contribution in [2.45, 2.75) is 58.9 Å². The van der Waals surface area contributed by atoms with Gasteiger partial charge >= 0.3 is 12.1 Å². The van der Waals surface area contributed by atoms with Gasteiger partial charge in [-0.1, -0.05) is 30.3 Å². The van der Waals surface area contributed by atoms with Gasteiger partial charge in [0.2, 0.25) is 5.91 Å². The number of amides is 2. The predicted octanol–water partition coefficient (Wildman–Crippen LogP) is 2.15. The summed E-state index contributed by atoms with van der Waals surface area (Å²) < 4.78 is 10.2. The zero-order valence-electron chi connectivity index (χ0n) is 15.3. The minimum absolute atomic E-state index is 0.106. The highest BCUT2D eigenvalue weighted by Gasteiger charge is 2.25. The van der Waals surface area contributed by atoms with Gasteiger partial charge in [0.05, 0.1) is 0 Å². The van der Waals surface area contributed by atoms with E-state index in [0.29, 0.717) is 0 Å². The first kappa shape index (κ1) is 20.5. The molecule has 1 aromatic rings. The Bertz CT molecular complexity index is 595. The fraction of sp³-hybridized carbons (Fsp3) is 0.500. The monoisotopic (exact) mass is 350 g/mol. The summed E-state index contributed by atoms with van der Waals surface area (Å²) >= 11 is 0. The molecule has 7 nitrogen and oxygen atoms in total. The Morgan fingerprint density at radius 2 is 1.60 bits per heavy atom. The maximum Gasteiger partial charge on any atom is 0.408 e. The number of ether oxygens (including phenoxy) is 2. The molecule has 7 heteroatoms. The van der Waals surface area contributed by atoms with Gasteiger partial charge in [0, 0.05) is 0 Å². The van der Waals surface area contributed by atoms with Crippen molar-refractivity contribution in [2.75, 3.05) is 0 Å². The van der Waals surface area contributed by atoms with E-state index in [1.807, 2.05) is 30.3 Å². The highest BCUT2D eigenvalue weighted by molar-refractivity contribution is 5.89. The Labute approximate surface area is 148 Å². The van der Waals surface area contributed by atoms with Crippen molar-refractivity contribution >= 4 is 18.0 Å². The summed E-state index contributed by atoms with van der Waals surface area (Å²) in [6.07, 6.45) is -0.712. The molecule has 0 bridgehead atoms. The number of esters is 1. The van der Waals surface area contributed by atoms with Gasteiger partial charge in [-0.15, -0.1) is 0 Å².